The lowest BCUT2D eigenvalue weighted by Crippen LogP contribution is -1.97. The quantitative estimate of drug-likeness (QED) is 0.922. The molecule has 0 aliphatic heterocycles. The van der Waals surface area contributed by atoms with E-state index >= 15 is 0 Å². The van der Waals surface area contributed by atoms with Crippen molar-refractivity contribution in [2.75, 3.05) is 0 Å². The van der Waals surface area contributed by atoms with E-state index in [-0.39, 0.29) is 22.1 Å². The average Bonchev–Trinajstić information content (AvgIpc) is 2.37. The minimum Gasteiger partial charge on any atom is -0.478 e. The molecular weight excluding hydrogens is 278 g/mol. The number of aromatic carboxylic acids is 1. The number of carboxylic acids is 1. The van der Waals surface area contributed by atoms with Crippen LogP contribution in [0.1, 0.15) is 10.4 Å². The third kappa shape index (κ3) is 2.82. The van der Waals surface area contributed by atoms with Gasteiger partial charge in [0.2, 0.25) is 5.82 Å². The second-order valence-electron chi connectivity index (χ2n) is 3.60. The molecule has 0 atom stereocenters. The minimum absolute atomic E-state index is 0.0106. The lowest BCUT2D eigenvalue weighted by molar-refractivity contribution is 0.0697. The summed E-state index contributed by atoms with van der Waals surface area (Å²) < 4.78 is 31.5. The molecule has 98 valence electrons. The summed E-state index contributed by atoms with van der Waals surface area (Å²) in [7, 11) is 0. The van der Waals surface area contributed by atoms with Gasteiger partial charge in [0.15, 0.2) is 11.6 Å². The Morgan fingerprint density at radius 2 is 1.89 bits per heavy atom. The largest absolute Gasteiger partial charge is 0.478 e. The Bertz CT molecular complexity index is 644. The molecule has 3 nitrogen and oxygen atoms in total. The highest BCUT2D eigenvalue weighted by atomic mass is 35.5. The molecule has 1 N–H and O–H groups in total. The molecule has 0 aliphatic rings. The highest BCUT2D eigenvalue weighted by Gasteiger charge is 2.13. The fourth-order valence-electron chi connectivity index (χ4n) is 1.40. The van der Waals surface area contributed by atoms with E-state index in [0.717, 1.165) is 12.1 Å². The van der Waals surface area contributed by atoms with Crippen molar-refractivity contribution in [2.45, 2.75) is 0 Å². The molecule has 2 aromatic rings. The third-order valence-corrected chi connectivity index (χ3v) is 2.61. The summed E-state index contributed by atoms with van der Waals surface area (Å²) in [5.74, 6) is -3.62. The van der Waals surface area contributed by atoms with Crippen molar-refractivity contribution >= 4 is 17.6 Å². The molecule has 0 saturated heterocycles. The predicted octanol–water partition coefficient (Wildman–Crippen LogP) is 4.11. The summed E-state index contributed by atoms with van der Waals surface area (Å²) in [6, 6.07) is 7.16. The summed E-state index contributed by atoms with van der Waals surface area (Å²) in [4.78, 5) is 10.7. The van der Waals surface area contributed by atoms with Gasteiger partial charge in [-0.25, -0.2) is 9.18 Å². The summed E-state index contributed by atoms with van der Waals surface area (Å²) in [5, 5.41) is 8.75. The fourth-order valence-corrected chi connectivity index (χ4v) is 1.62. The summed E-state index contributed by atoms with van der Waals surface area (Å²) in [6.45, 7) is 0. The maximum atomic E-state index is 13.4. The lowest BCUT2D eigenvalue weighted by Gasteiger charge is -2.09. The second kappa shape index (κ2) is 5.24. The molecule has 0 bridgehead atoms. The van der Waals surface area contributed by atoms with E-state index in [4.69, 9.17) is 21.4 Å². The Balaban J connectivity index is 2.34. The van der Waals surface area contributed by atoms with Crippen LogP contribution in [0.3, 0.4) is 0 Å². The first kappa shape index (κ1) is 13.3. The molecule has 0 aromatic heterocycles. The zero-order valence-corrected chi connectivity index (χ0v) is 10.1. The topological polar surface area (TPSA) is 46.5 Å². The Morgan fingerprint density at radius 1 is 1.16 bits per heavy atom. The van der Waals surface area contributed by atoms with Crippen LogP contribution in [0.2, 0.25) is 5.02 Å². The molecule has 0 spiro atoms. The standard InChI is InChI=1S/C13H7ClF2O3/c14-8-6-7(13(17)18)4-5-10(8)19-11-3-1-2-9(15)12(11)16/h1-6H,(H,17,18). The number of carboxylic acid groups (broad SMARTS) is 1. The van der Waals surface area contributed by atoms with E-state index in [0.29, 0.717) is 0 Å². The zero-order chi connectivity index (χ0) is 14.0. The van der Waals surface area contributed by atoms with Crippen molar-refractivity contribution in [3.63, 3.8) is 0 Å². The van der Waals surface area contributed by atoms with E-state index < -0.39 is 17.6 Å². The first-order valence-corrected chi connectivity index (χ1v) is 5.51. The van der Waals surface area contributed by atoms with Gasteiger partial charge in [0, 0.05) is 0 Å². The first-order valence-electron chi connectivity index (χ1n) is 5.13. The Hall–Kier alpha value is -2.14. The van der Waals surface area contributed by atoms with Crippen LogP contribution >= 0.6 is 11.6 Å². The van der Waals surface area contributed by atoms with Gasteiger partial charge in [-0.05, 0) is 30.3 Å². The van der Waals surface area contributed by atoms with Gasteiger partial charge in [-0.1, -0.05) is 17.7 Å². The molecule has 6 heteroatoms. The molecule has 2 rings (SSSR count). The van der Waals surface area contributed by atoms with E-state index in [1.165, 1.54) is 24.3 Å². The molecule has 2 aromatic carbocycles. The van der Waals surface area contributed by atoms with Gasteiger partial charge in [0.1, 0.15) is 5.75 Å². The van der Waals surface area contributed by atoms with Gasteiger partial charge >= 0.3 is 5.97 Å². The number of carbonyl (C=O) groups is 1. The Labute approximate surface area is 112 Å². The highest BCUT2D eigenvalue weighted by molar-refractivity contribution is 6.32. The van der Waals surface area contributed by atoms with Gasteiger partial charge in [0.25, 0.3) is 0 Å². The van der Waals surface area contributed by atoms with Gasteiger partial charge < -0.3 is 9.84 Å². The average molecular weight is 285 g/mol. The van der Waals surface area contributed by atoms with Crippen LogP contribution in [0.5, 0.6) is 11.5 Å². The van der Waals surface area contributed by atoms with Crippen molar-refractivity contribution in [3.8, 4) is 11.5 Å². The smallest absolute Gasteiger partial charge is 0.335 e. The summed E-state index contributed by atoms with van der Waals surface area (Å²) in [6.07, 6.45) is 0. The van der Waals surface area contributed by atoms with E-state index in [9.17, 15) is 13.6 Å². The fraction of sp³-hybridized carbons (Fsp3) is 0. The molecule has 0 fully saturated rings. The normalized spacial score (nSPS) is 10.3. The van der Waals surface area contributed by atoms with Crippen molar-refractivity contribution in [1.29, 1.82) is 0 Å². The number of halogens is 3. The van der Waals surface area contributed by atoms with Crippen molar-refractivity contribution < 1.29 is 23.4 Å². The van der Waals surface area contributed by atoms with E-state index in [1.807, 2.05) is 0 Å². The Kier molecular flexibility index (Phi) is 3.66. The minimum atomic E-state index is -1.15. The van der Waals surface area contributed by atoms with Gasteiger partial charge in [-0.15, -0.1) is 0 Å². The maximum absolute atomic E-state index is 13.4. The number of rotatable bonds is 3. The first-order chi connectivity index (χ1) is 8.99. The van der Waals surface area contributed by atoms with Crippen LogP contribution in [-0.2, 0) is 0 Å². The van der Waals surface area contributed by atoms with Crippen LogP contribution in [0.4, 0.5) is 8.78 Å². The van der Waals surface area contributed by atoms with Gasteiger partial charge in [0.05, 0.1) is 10.6 Å². The number of hydrogen-bond donors (Lipinski definition) is 1. The summed E-state index contributed by atoms with van der Waals surface area (Å²) in [5.41, 5.74) is -0.0305. The van der Waals surface area contributed by atoms with Crippen LogP contribution < -0.4 is 4.74 Å². The Morgan fingerprint density at radius 3 is 2.53 bits per heavy atom. The zero-order valence-electron chi connectivity index (χ0n) is 9.36. The third-order valence-electron chi connectivity index (χ3n) is 2.31. The number of ether oxygens (including phenoxy) is 1. The SMILES string of the molecule is O=C(O)c1ccc(Oc2cccc(F)c2F)c(Cl)c1. The van der Waals surface area contributed by atoms with Crippen molar-refractivity contribution in [3.05, 3.63) is 58.6 Å². The maximum Gasteiger partial charge on any atom is 0.335 e. The van der Waals surface area contributed by atoms with E-state index in [2.05, 4.69) is 0 Å². The molecule has 0 heterocycles. The highest BCUT2D eigenvalue weighted by Crippen LogP contribution is 2.32. The van der Waals surface area contributed by atoms with Crippen LogP contribution in [0.25, 0.3) is 0 Å². The predicted molar refractivity (Wildman–Crippen MR) is 64.8 cm³/mol. The molecule has 0 aliphatic carbocycles. The van der Waals surface area contributed by atoms with Crippen molar-refractivity contribution in [1.82, 2.24) is 0 Å². The summed E-state index contributed by atoms with van der Waals surface area (Å²) >= 11 is 5.81. The molecular formula is C13H7ClF2O3. The second-order valence-corrected chi connectivity index (χ2v) is 4.01. The lowest BCUT2D eigenvalue weighted by atomic mass is 10.2. The van der Waals surface area contributed by atoms with Crippen LogP contribution in [0, 0.1) is 11.6 Å². The molecule has 0 saturated carbocycles. The van der Waals surface area contributed by atoms with E-state index in [1.54, 1.807) is 0 Å². The monoisotopic (exact) mass is 284 g/mol. The van der Waals surface area contributed by atoms with Crippen LogP contribution in [0.15, 0.2) is 36.4 Å². The van der Waals surface area contributed by atoms with Gasteiger partial charge in [-0.2, -0.15) is 4.39 Å². The van der Waals surface area contributed by atoms with Gasteiger partial charge in [-0.3, -0.25) is 0 Å². The number of benzene rings is 2. The molecule has 0 radical (unpaired) electrons. The van der Waals surface area contributed by atoms with Crippen molar-refractivity contribution in [2.24, 2.45) is 0 Å². The number of hydrogen-bond acceptors (Lipinski definition) is 2. The molecule has 0 unspecified atom stereocenters. The molecule has 19 heavy (non-hydrogen) atoms. The van der Waals surface area contributed by atoms with Crippen LogP contribution in [-0.4, -0.2) is 11.1 Å². The molecule has 0 amide bonds.